The van der Waals surface area contributed by atoms with E-state index < -0.39 is 0 Å². The van der Waals surface area contributed by atoms with Crippen molar-refractivity contribution in [3.63, 3.8) is 0 Å². The van der Waals surface area contributed by atoms with Crippen LogP contribution in [-0.2, 0) is 6.54 Å². The van der Waals surface area contributed by atoms with Crippen LogP contribution in [0.15, 0.2) is 4.42 Å². The second-order valence-electron chi connectivity index (χ2n) is 4.08. The Morgan fingerprint density at radius 1 is 1.50 bits per heavy atom. The lowest BCUT2D eigenvalue weighted by molar-refractivity contribution is 0.235. The van der Waals surface area contributed by atoms with E-state index in [2.05, 4.69) is 22.4 Å². The van der Waals surface area contributed by atoms with E-state index in [1.165, 1.54) is 19.3 Å². The van der Waals surface area contributed by atoms with Crippen molar-refractivity contribution in [2.24, 2.45) is 5.92 Å². The van der Waals surface area contributed by atoms with Crippen molar-refractivity contribution in [2.75, 3.05) is 0 Å². The Kier molecular flexibility index (Phi) is 2.82. The molecule has 4 heteroatoms. The van der Waals surface area contributed by atoms with Crippen molar-refractivity contribution in [1.82, 2.24) is 15.5 Å². The Balaban J connectivity index is 1.76. The summed E-state index contributed by atoms with van der Waals surface area (Å²) in [5.74, 6) is 2.17. The van der Waals surface area contributed by atoms with Crippen molar-refractivity contribution >= 4 is 0 Å². The third kappa shape index (κ3) is 2.12. The molecule has 0 aromatic carbocycles. The van der Waals surface area contributed by atoms with Gasteiger partial charge in [-0.05, 0) is 25.7 Å². The van der Waals surface area contributed by atoms with Crippen LogP contribution in [-0.4, -0.2) is 16.2 Å². The van der Waals surface area contributed by atoms with Gasteiger partial charge >= 0.3 is 0 Å². The van der Waals surface area contributed by atoms with Crippen molar-refractivity contribution in [3.05, 3.63) is 11.8 Å². The SMILES string of the molecule is Cc1nnc(CNC(C)C2CCC2)o1. The van der Waals surface area contributed by atoms with Crippen molar-refractivity contribution in [1.29, 1.82) is 0 Å². The smallest absolute Gasteiger partial charge is 0.230 e. The lowest BCUT2D eigenvalue weighted by Gasteiger charge is -2.31. The summed E-state index contributed by atoms with van der Waals surface area (Å²) in [5, 5.41) is 11.1. The number of hydrogen-bond donors (Lipinski definition) is 1. The van der Waals surface area contributed by atoms with Crippen molar-refractivity contribution in [3.8, 4) is 0 Å². The first-order valence-corrected chi connectivity index (χ1v) is 5.28. The van der Waals surface area contributed by atoms with Gasteiger partial charge in [0, 0.05) is 13.0 Å². The zero-order valence-corrected chi connectivity index (χ0v) is 8.79. The van der Waals surface area contributed by atoms with Gasteiger partial charge in [-0.1, -0.05) is 6.42 Å². The predicted molar refractivity (Wildman–Crippen MR) is 52.7 cm³/mol. The first kappa shape index (κ1) is 9.65. The van der Waals surface area contributed by atoms with E-state index in [9.17, 15) is 0 Å². The van der Waals surface area contributed by atoms with Gasteiger partial charge in [0.2, 0.25) is 11.8 Å². The fraction of sp³-hybridized carbons (Fsp3) is 0.800. The molecule has 1 aromatic rings. The zero-order valence-electron chi connectivity index (χ0n) is 8.79. The molecule has 4 nitrogen and oxygen atoms in total. The summed E-state index contributed by atoms with van der Waals surface area (Å²) in [6.07, 6.45) is 4.10. The minimum Gasteiger partial charge on any atom is -0.424 e. The average molecular weight is 195 g/mol. The molecular formula is C10H17N3O. The molecule has 1 aliphatic carbocycles. The molecule has 0 amide bonds. The highest BCUT2D eigenvalue weighted by Crippen LogP contribution is 2.29. The quantitative estimate of drug-likeness (QED) is 0.793. The van der Waals surface area contributed by atoms with Crippen LogP contribution in [0.5, 0.6) is 0 Å². The summed E-state index contributed by atoms with van der Waals surface area (Å²) in [4.78, 5) is 0. The molecule has 0 radical (unpaired) electrons. The van der Waals surface area contributed by atoms with Gasteiger partial charge in [0.25, 0.3) is 0 Å². The first-order valence-electron chi connectivity index (χ1n) is 5.28. The maximum atomic E-state index is 5.28. The Hall–Kier alpha value is -0.900. The van der Waals surface area contributed by atoms with E-state index in [0.29, 0.717) is 24.4 Å². The average Bonchev–Trinajstić information content (AvgIpc) is 2.45. The van der Waals surface area contributed by atoms with Gasteiger partial charge in [0.05, 0.1) is 6.54 Å². The van der Waals surface area contributed by atoms with E-state index in [-0.39, 0.29) is 0 Å². The van der Waals surface area contributed by atoms with Crippen LogP contribution in [0.3, 0.4) is 0 Å². The molecule has 2 rings (SSSR count). The Bertz CT molecular complexity index is 293. The minimum atomic E-state index is 0.566. The van der Waals surface area contributed by atoms with E-state index in [4.69, 9.17) is 4.42 Å². The highest BCUT2D eigenvalue weighted by Gasteiger charge is 2.23. The van der Waals surface area contributed by atoms with E-state index >= 15 is 0 Å². The maximum absolute atomic E-state index is 5.28. The van der Waals surface area contributed by atoms with Gasteiger partial charge in [-0.2, -0.15) is 0 Å². The second kappa shape index (κ2) is 4.09. The lowest BCUT2D eigenvalue weighted by atomic mass is 9.80. The Morgan fingerprint density at radius 2 is 2.29 bits per heavy atom. The molecule has 14 heavy (non-hydrogen) atoms. The monoisotopic (exact) mass is 195 g/mol. The fourth-order valence-corrected chi connectivity index (χ4v) is 1.76. The van der Waals surface area contributed by atoms with Crippen molar-refractivity contribution in [2.45, 2.75) is 45.7 Å². The second-order valence-corrected chi connectivity index (χ2v) is 4.08. The molecule has 1 unspecified atom stereocenters. The molecule has 0 bridgehead atoms. The lowest BCUT2D eigenvalue weighted by Crippen LogP contribution is -2.36. The first-order chi connectivity index (χ1) is 6.75. The van der Waals surface area contributed by atoms with E-state index in [1.54, 1.807) is 0 Å². The number of hydrogen-bond acceptors (Lipinski definition) is 4. The van der Waals surface area contributed by atoms with Crippen LogP contribution in [0, 0.1) is 12.8 Å². The Morgan fingerprint density at radius 3 is 2.79 bits per heavy atom. The normalized spacial score (nSPS) is 19.3. The topological polar surface area (TPSA) is 51.0 Å². The molecule has 0 saturated heterocycles. The summed E-state index contributed by atoms with van der Waals surface area (Å²) in [6.45, 7) is 4.73. The number of nitrogens with zero attached hydrogens (tertiary/aromatic N) is 2. The number of aromatic nitrogens is 2. The molecule has 1 heterocycles. The molecular weight excluding hydrogens is 178 g/mol. The van der Waals surface area contributed by atoms with Gasteiger partial charge in [-0.25, -0.2) is 0 Å². The largest absolute Gasteiger partial charge is 0.424 e. The van der Waals surface area contributed by atoms with E-state index in [0.717, 1.165) is 5.92 Å². The van der Waals surface area contributed by atoms with Crippen LogP contribution in [0.2, 0.25) is 0 Å². The van der Waals surface area contributed by atoms with Crippen LogP contribution in [0.4, 0.5) is 0 Å². The van der Waals surface area contributed by atoms with Gasteiger partial charge in [0.1, 0.15) is 0 Å². The van der Waals surface area contributed by atoms with Crippen LogP contribution >= 0.6 is 0 Å². The standard InChI is InChI=1S/C10H17N3O/c1-7(9-4-3-5-9)11-6-10-13-12-8(2)14-10/h7,9,11H,3-6H2,1-2H3. The molecule has 1 aromatic heterocycles. The number of rotatable bonds is 4. The number of nitrogens with one attached hydrogen (secondary N) is 1. The van der Waals surface area contributed by atoms with Crippen LogP contribution in [0.1, 0.15) is 38.0 Å². The maximum Gasteiger partial charge on any atom is 0.230 e. The van der Waals surface area contributed by atoms with Gasteiger partial charge in [-0.15, -0.1) is 10.2 Å². The molecule has 78 valence electrons. The van der Waals surface area contributed by atoms with Crippen LogP contribution in [0.25, 0.3) is 0 Å². The summed E-state index contributed by atoms with van der Waals surface area (Å²) in [6, 6.07) is 0.566. The molecule has 0 aliphatic heterocycles. The highest BCUT2D eigenvalue weighted by atomic mass is 16.4. The third-order valence-electron chi connectivity index (χ3n) is 3.00. The fourth-order valence-electron chi connectivity index (χ4n) is 1.76. The molecule has 1 N–H and O–H groups in total. The summed E-state index contributed by atoms with van der Waals surface area (Å²) in [5.41, 5.74) is 0. The zero-order chi connectivity index (χ0) is 9.97. The summed E-state index contributed by atoms with van der Waals surface area (Å²) in [7, 11) is 0. The number of aryl methyl sites for hydroxylation is 1. The van der Waals surface area contributed by atoms with Crippen molar-refractivity contribution < 1.29 is 4.42 Å². The van der Waals surface area contributed by atoms with Gasteiger partial charge in [-0.3, -0.25) is 0 Å². The molecule has 1 saturated carbocycles. The van der Waals surface area contributed by atoms with Gasteiger partial charge in [0.15, 0.2) is 0 Å². The van der Waals surface area contributed by atoms with Gasteiger partial charge < -0.3 is 9.73 Å². The summed E-state index contributed by atoms with van der Waals surface area (Å²) < 4.78 is 5.28. The molecule has 1 fully saturated rings. The molecule has 0 spiro atoms. The predicted octanol–water partition coefficient (Wildman–Crippen LogP) is 1.66. The van der Waals surface area contributed by atoms with E-state index in [1.807, 2.05) is 6.92 Å². The molecule has 1 atom stereocenters. The highest BCUT2D eigenvalue weighted by molar-refractivity contribution is 4.83. The minimum absolute atomic E-state index is 0.566. The Labute approximate surface area is 84.1 Å². The summed E-state index contributed by atoms with van der Waals surface area (Å²) >= 11 is 0. The van der Waals surface area contributed by atoms with Crippen LogP contribution < -0.4 is 5.32 Å². The molecule has 1 aliphatic rings. The third-order valence-corrected chi connectivity index (χ3v) is 3.00.